The molecule has 0 saturated carbocycles. The molecule has 0 radical (unpaired) electrons. The molecule has 0 fully saturated rings. The summed E-state index contributed by atoms with van der Waals surface area (Å²) >= 11 is 0. The third kappa shape index (κ3) is 3.81. The highest BCUT2D eigenvalue weighted by atomic mass is 16.6. The van der Waals surface area contributed by atoms with E-state index >= 15 is 0 Å². The second kappa shape index (κ2) is 6.46. The molecule has 0 saturated heterocycles. The summed E-state index contributed by atoms with van der Waals surface area (Å²) in [6.07, 6.45) is 0.939. The van der Waals surface area contributed by atoms with Gasteiger partial charge < -0.3 is 15.2 Å². The van der Waals surface area contributed by atoms with Gasteiger partial charge in [0, 0.05) is 12.6 Å². The predicted octanol–water partition coefficient (Wildman–Crippen LogP) is 1.34. The van der Waals surface area contributed by atoms with Crippen LogP contribution in [0.1, 0.15) is 33.3 Å². The Labute approximate surface area is 139 Å². The van der Waals surface area contributed by atoms with Crippen molar-refractivity contribution in [2.45, 2.75) is 51.8 Å². The topological polar surface area (TPSA) is 109 Å². The van der Waals surface area contributed by atoms with Gasteiger partial charge >= 0.3 is 12.1 Å². The van der Waals surface area contributed by atoms with Crippen molar-refractivity contribution in [3.63, 3.8) is 0 Å². The first kappa shape index (κ1) is 17.7. The molecule has 130 valence electrons. The minimum atomic E-state index is -1.12. The van der Waals surface area contributed by atoms with E-state index in [4.69, 9.17) is 4.74 Å². The first-order valence-electron chi connectivity index (χ1n) is 7.59. The number of carbonyl (C=O) groups is 3. The molecule has 2 atom stereocenters. The van der Waals surface area contributed by atoms with Crippen molar-refractivity contribution < 1.29 is 24.2 Å². The van der Waals surface area contributed by atoms with Crippen LogP contribution in [-0.2, 0) is 20.7 Å². The molecule has 2 N–H and O–H groups in total. The summed E-state index contributed by atoms with van der Waals surface area (Å²) in [6.45, 7) is 6.60. The normalized spacial score (nSPS) is 17.8. The quantitative estimate of drug-likeness (QED) is 0.863. The fourth-order valence-corrected chi connectivity index (χ4v) is 2.46. The van der Waals surface area contributed by atoms with E-state index in [0.717, 1.165) is 4.90 Å². The number of ether oxygens (including phenoxy) is 1. The van der Waals surface area contributed by atoms with Crippen molar-refractivity contribution in [2.24, 2.45) is 0 Å². The third-order valence-corrected chi connectivity index (χ3v) is 3.45. The molecule has 0 bridgehead atoms. The van der Waals surface area contributed by atoms with Gasteiger partial charge in [-0.2, -0.15) is 0 Å². The summed E-state index contributed by atoms with van der Waals surface area (Å²) in [5.41, 5.74) is -0.0131. The molecule has 2 amide bonds. The van der Waals surface area contributed by atoms with Crippen molar-refractivity contribution in [3.8, 4) is 0 Å². The Morgan fingerprint density at radius 3 is 2.67 bits per heavy atom. The van der Waals surface area contributed by atoms with Crippen molar-refractivity contribution in [1.82, 2.24) is 10.3 Å². The maximum absolute atomic E-state index is 12.7. The first-order chi connectivity index (χ1) is 11.1. The Balaban J connectivity index is 2.17. The van der Waals surface area contributed by atoms with Crippen LogP contribution in [0.4, 0.5) is 10.6 Å². The van der Waals surface area contributed by atoms with Crippen LogP contribution >= 0.6 is 0 Å². The molecule has 0 aliphatic carbocycles. The van der Waals surface area contributed by atoms with Gasteiger partial charge in [-0.3, -0.25) is 9.69 Å². The Bertz CT molecular complexity index is 668. The fraction of sp³-hybridized carbons (Fsp3) is 0.500. The van der Waals surface area contributed by atoms with Crippen LogP contribution in [-0.4, -0.2) is 45.7 Å². The van der Waals surface area contributed by atoms with E-state index in [2.05, 4.69) is 10.3 Å². The van der Waals surface area contributed by atoms with E-state index in [1.165, 1.54) is 13.1 Å². The number of carboxylic acids is 1. The number of anilines is 1. The lowest BCUT2D eigenvalue weighted by atomic mass is 10.1. The lowest BCUT2D eigenvalue weighted by molar-refractivity contribution is -0.140. The molecular formula is C16H21N3O5. The van der Waals surface area contributed by atoms with Gasteiger partial charge in [0.2, 0.25) is 0 Å². The first-order valence-corrected chi connectivity index (χ1v) is 7.59. The fourth-order valence-electron chi connectivity index (χ4n) is 2.46. The number of amides is 2. The highest BCUT2D eigenvalue weighted by Gasteiger charge is 2.41. The van der Waals surface area contributed by atoms with Gasteiger partial charge in [0.15, 0.2) is 0 Å². The Kier molecular flexibility index (Phi) is 4.77. The van der Waals surface area contributed by atoms with Gasteiger partial charge in [0.05, 0.1) is 0 Å². The Morgan fingerprint density at radius 1 is 1.42 bits per heavy atom. The van der Waals surface area contributed by atoms with Gasteiger partial charge in [0.25, 0.3) is 5.91 Å². The SMILES string of the molecule is CC(NC(=O)OC(C)(C)C)C(=O)N1c2ncccc2CC1C(=O)O. The van der Waals surface area contributed by atoms with E-state index in [0.29, 0.717) is 11.4 Å². The number of rotatable bonds is 3. The van der Waals surface area contributed by atoms with Crippen molar-refractivity contribution in [3.05, 3.63) is 23.9 Å². The maximum atomic E-state index is 12.7. The molecule has 2 unspecified atom stereocenters. The van der Waals surface area contributed by atoms with E-state index in [1.54, 1.807) is 32.9 Å². The molecule has 0 spiro atoms. The van der Waals surface area contributed by atoms with Gasteiger partial charge in [-0.15, -0.1) is 0 Å². The third-order valence-electron chi connectivity index (χ3n) is 3.45. The Hall–Kier alpha value is -2.64. The monoisotopic (exact) mass is 335 g/mol. The minimum absolute atomic E-state index is 0.184. The summed E-state index contributed by atoms with van der Waals surface area (Å²) in [4.78, 5) is 41.2. The number of hydrogen-bond acceptors (Lipinski definition) is 5. The van der Waals surface area contributed by atoms with E-state index in [-0.39, 0.29) is 6.42 Å². The van der Waals surface area contributed by atoms with Gasteiger partial charge in [-0.25, -0.2) is 14.6 Å². The lowest BCUT2D eigenvalue weighted by Gasteiger charge is -2.26. The zero-order valence-electron chi connectivity index (χ0n) is 14.1. The van der Waals surface area contributed by atoms with Crippen LogP contribution in [0, 0.1) is 0 Å². The predicted molar refractivity (Wildman–Crippen MR) is 85.7 cm³/mol. The summed E-state index contributed by atoms with van der Waals surface area (Å²) in [6, 6.07) is 1.44. The summed E-state index contributed by atoms with van der Waals surface area (Å²) in [5.74, 6) is -1.36. The number of carboxylic acid groups (broad SMARTS) is 1. The molecule has 2 rings (SSSR count). The maximum Gasteiger partial charge on any atom is 0.408 e. The summed E-state index contributed by atoms with van der Waals surface area (Å²) in [7, 11) is 0. The molecule has 0 aromatic carbocycles. The number of carbonyl (C=O) groups excluding carboxylic acids is 2. The molecule has 1 aromatic rings. The van der Waals surface area contributed by atoms with Crippen LogP contribution in [0.2, 0.25) is 0 Å². The number of fused-ring (bicyclic) bond motifs is 1. The molecule has 1 aliphatic rings. The second-order valence-corrected chi connectivity index (χ2v) is 6.62. The van der Waals surface area contributed by atoms with Gasteiger partial charge in [0.1, 0.15) is 23.5 Å². The van der Waals surface area contributed by atoms with Gasteiger partial charge in [-0.05, 0) is 39.3 Å². The Morgan fingerprint density at radius 2 is 2.08 bits per heavy atom. The zero-order chi connectivity index (χ0) is 18.1. The number of hydrogen-bond donors (Lipinski definition) is 2. The number of aliphatic carboxylic acids is 1. The number of aromatic nitrogens is 1. The number of nitrogens with zero attached hydrogens (tertiary/aromatic N) is 2. The zero-order valence-corrected chi connectivity index (χ0v) is 14.1. The van der Waals surface area contributed by atoms with Crippen LogP contribution in [0.5, 0.6) is 0 Å². The van der Waals surface area contributed by atoms with Crippen LogP contribution in [0.25, 0.3) is 0 Å². The average Bonchev–Trinajstić information content (AvgIpc) is 2.83. The highest BCUT2D eigenvalue weighted by molar-refractivity contribution is 6.04. The van der Waals surface area contributed by atoms with E-state index < -0.39 is 35.7 Å². The largest absolute Gasteiger partial charge is 0.480 e. The average molecular weight is 335 g/mol. The summed E-state index contributed by atoms with van der Waals surface area (Å²) in [5, 5.41) is 11.8. The van der Waals surface area contributed by atoms with Crippen molar-refractivity contribution in [1.29, 1.82) is 0 Å². The molecule has 8 heteroatoms. The summed E-state index contributed by atoms with van der Waals surface area (Å²) < 4.78 is 5.11. The van der Waals surface area contributed by atoms with Crippen LogP contribution in [0.3, 0.4) is 0 Å². The molecular weight excluding hydrogens is 314 g/mol. The molecule has 1 aliphatic heterocycles. The van der Waals surface area contributed by atoms with E-state index in [1.807, 2.05) is 0 Å². The van der Waals surface area contributed by atoms with Crippen LogP contribution < -0.4 is 10.2 Å². The lowest BCUT2D eigenvalue weighted by Crippen LogP contribution is -2.52. The minimum Gasteiger partial charge on any atom is -0.480 e. The molecule has 2 heterocycles. The van der Waals surface area contributed by atoms with Gasteiger partial charge in [-0.1, -0.05) is 6.07 Å². The number of nitrogens with one attached hydrogen (secondary N) is 1. The number of pyridine rings is 1. The van der Waals surface area contributed by atoms with E-state index in [9.17, 15) is 19.5 Å². The number of alkyl carbamates (subject to hydrolysis) is 1. The smallest absolute Gasteiger partial charge is 0.408 e. The van der Waals surface area contributed by atoms with Crippen molar-refractivity contribution in [2.75, 3.05) is 4.90 Å². The second-order valence-electron chi connectivity index (χ2n) is 6.62. The molecule has 1 aromatic heterocycles. The highest BCUT2D eigenvalue weighted by Crippen LogP contribution is 2.30. The van der Waals surface area contributed by atoms with Crippen molar-refractivity contribution >= 4 is 23.8 Å². The van der Waals surface area contributed by atoms with Crippen LogP contribution in [0.15, 0.2) is 18.3 Å². The molecule has 8 nitrogen and oxygen atoms in total. The standard InChI is InChI=1S/C16H21N3O5/c1-9(18-15(23)24-16(2,3)4)13(20)19-11(14(21)22)8-10-6-5-7-17-12(10)19/h5-7,9,11H,8H2,1-4H3,(H,18,23)(H,21,22). The molecule has 24 heavy (non-hydrogen) atoms.